The Bertz CT molecular complexity index is 1100. The van der Waals surface area contributed by atoms with Crippen molar-refractivity contribution in [2.24, 2.45) is 0 Å². The van der Waals surface area contributed by atoms with Gasteiger partial charge >= 0.3 is 0 Å². The number of nitrogens with zero attached hydrogens (tertiary/aromatic N) is 3. The lowest BCUT2D eigenvalue weighted by atomic mass is 10.1. The molecule has 142 valence electrons. The van der Waals surface area contributed by atoms with Crippen molar-refractivity contribution in [1.82, 2.24) is 20.4 Å². The zero-order valence-electron chi connectivity index (χ0n) is 15.7. The summed E-state index contributed by atoms with van der Waals surface area (Å²) in [5.41, 5.74) is 3.43. The zero-order chi connectivity index (χ0) is 19.5. The Morgan fingerprint density at radius 1 is 1.14 bits per heavy atom. The molecule has 1 N–H and O–H groups in total. The van der Waals surface area contributed by atoms with E-state index in [1.54, 1.807) is 18.6 Å². The van der Waals surface area contributed by atoms with E-state index < -0.39 is 0 Å². The average molecular weight is 392 g/mol. The highest BCUT2D eigenvalue weighted by molar-refractivity contribution is 7.17. The first-order chi connectivity index (χ1) is 13.7. The van der Waals surface area contributed by atoms with Crippen molar-refractivity contribution in [2.75, 3.05) is 0 Å². The maximum absolute atomic E-state index is 12.4. The number of hydrogen-bond acceptors (Lipinski definition) is 6. The van der Waals surface area contributed by atoms with E-state index >= 15 is 0 Å². The molecule has 0 aliphatic heterocycles. The van der Waals surface area contributed by atoms with Gasteiger partial charge < -0.3 is 9.84 Å². The molecule has 0 unspecified atom stereocenters. The van der Waals surface area contributed by atoms with Gasteiger partial charge in [0.05, 0.1) is 11.6 Å². The third-order valence-corrected chi connectivity index (χ3v) is 5.74. The Kier molecular flexibility index (Phi) is 5.16. The minimum Gasteiger partial charge on any atom is -0.356 e. The zero-order valence-corrected chi connectivity index (χ0v) is 16.5. The van der Waals surface area contributed by atoms with E-state index in [-0.39, 0.29) is 11.9 Å². The first kappa shape index (κ1) is 18.3. The molecule has 0 aliphatic rings. The molecule has 0 radical (unpaired) electrons. The molecule has 1 aromatic carbocycles. The lowest BCUT2D eigenvalue weighted by molar-refractivity contribution is 0.0939. The Morgan fingerprint density at radius 3 is 2.68 bits per heavy atom. The number of aromatic nitrogens is 3. The lowest BCUT2D eigenvalue weighted by Crippen LogP contribution is -2.33. The van der Waals surface area contributed by atoms with Crippen molar-refractivity contribution >= 4 is 28.2 Å². The van der Waals surface area contributed by atoms with E-state index in [0.717, 1.165) is 29.4 Å². The van der Waals surface area contributed by atoms with Crippen molar-refractivity contribution < 1.29 is 9.32 Å². The molecule has 6 nitrogen and oxygen atoms in total. The Hall–Kier alpha value is -3.06. The van der Waals surface area contributed by atoms with Gasteiger partial charge in [-0.25, -0.2) is 4.98 Å². The number of thiazole rings is 1. The van der Waals surface area contributed by atoms with Crippen LogP contribution in [0, 0.1) is 0 Å². The number of pyridine rings is 1. The van der Waals surface area contributed by atoms with Crippen molar-refractivity contribution in [3.8, 4) is 21.8 Å². The van der Waals surface area contributed by atoms with Crippen LogP contribution < -0.4 is 5.32 Å². The van der Waals surface area contributed by atoms with Crippen LogP contribution in [-0.4, -0.2) is 27.1 Å². The van der Waals surface area contributed by atoms with Crippen molar-refractivity contribution in [1.29, 1.82) is 0 Å². The van der Waals surface area contributed by atoms with E-state index in [0.29, 0.717) is 21.2 Å². The number of carbonyl (C=O) groups excluding carboxylic acids is 1. The lowest BCUT2D eigenvalue weighted by Gasteiger charge is -2.13. The third-order valence-electron chi connectivity index (χ3n) is 4.74. The Labute approximate surface area is 166 Å². The minimum absolute atomic E-state index is 0.0924. The smallest absolute Gasteiger partial charge is 0.263 e. The van der Waals surface area contributed by atoms with E-state index in [2.05, 4.69) is 34.3 Å². The molecule has 0 fully saturated rings. The van der Waals surface area contributed by atoms with Crippen molar-refractivity contribution in [3.63, 3.8) is 0 Å². The third kappa shape index (κ3) is 3.53. The van der Waals surface area contributed by atoms with Crippen molar-refractivity contribution in [3.05, 3.63) is 53.8 Å². The van der Waals surface area contributed by atoms with Gasteiger partial charge in [-0.3, -0.25) is 9.78 Å². The fourth-order valence-corrected chi connectivity index (χ4v) is 3.87. The maximum Gasteiger partial charge on any atom is 0.263 e. The molecule has 0 aliphatic carbocycles. The Balaban J connectivity index is 1.62. The van der Waals surface area contributed by atoms with E-state index in [1.165, 1.54) is 11.3 Å². The highest BCUT2D eigenvalue weighted by Crippen LogP contribution is 2.33. The molecule has 1 amide bonds. The molecule has 4 rings (SSSR count). The summed E-state index contributed by atoms with van der Waals surface area (Å²) in [6.07, 6.45) is 6.93. The second-order valence-corrected chi connectivity index (χ2v) is 7.53. The van der Waals surface area contributed by atoms with Crippen LogP contribution in [0.3, 0.4) is 0 Å². The normalized spacial score (nSPS) is 11.2. The van der Waals surface area contributed by atoms with Crippen molar-refractivity contribution in [2.45, 2.75) is 32.7 Å². The molecule has 0 saturated carbocycles. The molecule has 3 heterocycles. The predicted molar refractivity (Wildman–Crippen MR) is 110 cm³/mol. The van der Waals surface area contributed by atoms with Gasteiger partial charge in [-0.05, 0) is 48.2 Å². The second-order valence-electron chi connectivity index (χ2n) is 6.49. The molecular formula is C21H20N4O2S. The van der Waals surface area contributed by atoms with Gasteiger partial charge in [0.25, 0.3) is 5.91 Å². The van der Waals surface area contributed by atoms with Gasteiger partial charge in [-0.1, -0.05) is 25.1 Å². The van der Waals surface area contributed by atoms with Crippen LogP contribution in [0.5, 0.6) is 0 Å². The number of fused-ring (bicyclic) bond motifs is 1. The fraction of sp³-hybridized carbons (Fsp3) is 0.238. The summed E-state index contributed by atoms with van der Waals surface area (Å²) in [5.74, 6) is -0.0924. The predicted octanol–water partition coefficient (Wildman–Crippen LogP) is 4.93. The summed E-state index contributed by atoms with van der Waals surface area (Å²) < 4.78 is 5.54. The number of rotatable bonds is 6. The SMILES string of the molecule is CCC(CC)NC(=O)c1cnc(-c2noc3cc(-c4ccncc4)ccc23)s1. The monoisotopic (exact) mass is 392 g/mol. The molecule has 0 atom stereocenters. The molecule has 28 heavy (non-hydrogen) atoms. The van der Waals surface area contributed by atoms with Crippen LogP contribution in [0.4, 0.5) is 0 Å². The standard InChI is InChI=1S/C21H20N4O2S/c1-3-15(4-2)24-20(26)18-12-23-21(28-18)19-16-6-5-14(11-17(16)27-25-19)13-7-9-22-10-8-13/h5-12,15H,3-4H2,1-2H3,(H,24,26). The summed E-state index contributed by atoms with van der Waals surface area (Å²) in [6, 6.07) is 10.0. The molecule has 0 spiro atoms. The highest BCUT2D eigenvalue weighted by atomic mass is 32.1. The summed E-state index contributed by atoms with van der Waals surface area (Å²) in [7, 11) is 0. The summed E-state index contributed by atoms with van der Waals surface area (Å²) in [4.78, 5) is 21.4. The summed E-state index contributed by atoms with van der Waals surface area (Å²) in [5, 5.41) is 8.78. The van der Waals surface area contributed by atoms with Gasteiger partial charge in [-0.2, -0.15) is 0 Å². The molecule has 7 heteroatoms. The maximum atomic E-state index is 12.4. The first-order valence-electron chi connectivity index (χ1n) is 9.26. The summed E-state index contributed by atoms with van der Waals surface area (Å²) in [6.45, 7) is 4.13. The van der Waals surface area contributed by atoms with Crippen LogP contribution >= 0.6 is 11.3 Å². The van der Waals surface area contributed by atoms with Crippen LogP contribution in [0.1, 0.15) is 36.4 Å². The summed E-state index contributed by atoms with van der Waals surface area (Å²) >= 11 is 1.32. The van der Waals surface area contributed by atoms with Gasteiger partial charge in [0.1, 0.15) is 15.6 Å². The van der Waals surface area contributed by atoms with Gasteiger partial charge in [-0.15, -0.1) is 11.3 Å². The second kappa shape index (κ2) is 7.90. The van der Waals surface area contributed by atoms with Gasteiger partial charge in [0, 0.05) is 18.4 Å². The molecule has 4 aromatic rings. The van der Waals surface area contributed by atoms with Gasteiger partial charge in [0.15, 0.2) is 5.58 Å². The number of hydrogen-bond donors (Lipinski definition) is 1. The molecule has 0 saturated heterocycles. The number of carbonyl (C=O) groups is 1. The fourth-order valence-electron chi connectivity index (χ4n) is 3.05. The average Bonchev–Trinajstić information content (AvgIpc) is 3.39. The van der Waals surface area contributed by atoms with Crippen LogP contribution in [0.15, 0.2) is 53.4 Å². The first-order valence-corrected chi connectivity index (χ1v) is 10.1. The minimum atomic E-state index is -0.0924. The number of amides is 1. The number of benzene rings is 1. The number of nitrogens with one attached hydrogen (secondary N) is 1. The van der Waals surface area contributed by atoms with Crippen LogP contribution in [0.25, 0.3) is 32.8 Å². The largest absolute Gasteiger partial charge is 0.356 e. The van der Waals surface area contributed by atoms with E-state index in [4.69, 9.17) is 4.52 Å². The van der Waals surface area contributed by atoms with E-state index in [1.807, 2.05) is 30.3 Å². The molecular weight excluding hydrogens is 372 g/mol. The van der Waals surface area contributed by atoms with Crippen LogP contribution in [0.2, 0.25) is 0 Å². The molecule has 0 bridgehead atoms. The molecule has 3 aromatic heterocycles. The van der Waals surface area contributed by atoms with Gasteiger partial charge in [0.2, 0.25) is 0 Å². The van der Waals surface area contributed by atoms with E-state index in [9.17, 15) is 4.79 Å². The topological polar surface area (TPSA) is 80.9 Å². The Morgan fingerprint density at radius 2 is 1.93 bits per heavy atom. The quantitative estimate of drug-likeness (QED) is 0.503. The van der Waals surface area contributed by atoms with Crippen LogP contribution in [-0.2, 0) is 0 Å². The highest BCUT2D eigenvalue weighted by Gasteiger charge is 2.18.